The summed E-state index contributed by atoms with van der Waals surface area (Å²) in [6.07, 6.45) is -2.73. The number of halogens is 3. The standard InChI is InChI=1S/C17H21F3N4O2/c1-10-4-6-24(7-5-10)14(25)9-26-13-8-12(17(18,19)20)15-11(2)22-23(3)16(15)21-13/h8,10H,4-7,9H2,1-3H3. The van der Waals surface area contributed by atoms with E-state index in [-0.39, 0.29) is 35.1 Å². The van der Waals surface area contributed by atoms with E-state index in [0.717, 1.165) is 18.9 Å². The zero-order valence-electron chi connectivity index (χ0n) is 14.9. The van der Waals surface area contributed by atoms with Crippen molar-refractivity contribution in [3.63, 3.8) is 0 Å². The van der Waals surface area contributed by atoms with Gasteiger partial charge in [0, 0.05) is 26.2 Å². The fourth-order valence-corrected chi connectivity index (χ4v) is 3.20. The summed E-state index contributed by atoms with van der Waals surface area (Å²) in [6, 6.07) is 0.836. The summed E-state index contributed by atoms with van der Waals surface area (Å²) in [5.41, 5.74) is -0.540. The maximum absolute atomic E-state index is 13.4. The molecule has 0 bridgehead atoms. The van der Waals surface area contributed by atoms with Crippen LogP contribution in [0.2, 0.25) is 0 Å². The van der Waals surface area contributed by atoms with Gasteiger partial charge >= 0.3 is 6.18 Å². The van der Waals surface area contributed by atoms with Crippen LogP contribution >= 0.6 is 0 Å². The minimum atomic E-state index is -4.57. The fraction of sp³-hybridized carbons (Fsp3) is 0.588. The molecule has 0 saturated carbocycles. The van der Waals surface area contributed by atoms with Gasteiger partial charge in [-0.1, -0.05) is 6.92 Å². The van der Waals surface area contributed by atoms with Crippen LogP contribution in [0.15, 0.2) is 6.07 Å². The van der Waals surface area contributed by atoms with Crippen molar-refractivity contribution in [3.05, 3.63) is 17.3 Å². The molecule has 1 saturated heterocycles. The molecule has 2 aromatic heterocycles. The van der Waals surface area contributed by atoms with E-state index in [1.54, 1.807) is 4.90 Å². The van der Waals surface area contributed by atoms with Gasteiger partial charge in [0.05, 0.1) is 16.6 Å². The van der Waals surface area contributed by atoms with Crippen molar-refractivity contribution >= 4 is 16.9 Å². The number of carbonyl (C=O) groups excluding carboxylic acids is 1. The molecule has 0 spiro atoms. The first-order valence-electron chi connectivity index (χ1n) is 8.49. The Balaban J connectivity index is 1.82. The number of carbonyl (C=O) groups is 1. The number of alkyl halides is 3. The van der Waals surface area contributed by atoms with Crippen LogP contribution in [0.1, 0.15) is 31.0 Å². The number of aryl methyl sites for hydroxylation is 2. The van der Waals surface area contributed by atoms with Crippen molar-refractivity contribution in [1.82, 2.24) is 19.7 Å². The van der Waals surface area contributed by atoms with Gasteiger partial charge in [0.25, 0.3) is 5.91 Å². The number of hydrogen-bond acceptors (Lipinski definition) is 4. The Morgan fingerprint density at radius 1 is 1.35 bits per heavy atom. The van der Waals surface area contributed by atoms with E-state index in [1.807, 2.05) is 0 Å². The molecule has 0 radical (unpaired) electrons. The molecule has 1 amide bonds. The molecule has 0 unspecified atom stereocenters. The normalized spacial score (nSPS) is 16.3. The zero-order valence-corrected chi connectivity index (χ0v) is 14.9. The van der Waals surface area contributed by atoms with Gasteiger partial charge in [-0.15, -0.1) is 0 Å². The maximum atomic E-state index is 13.4. The van der Waals surface area contributed by atoms with Crippen LogP contribution in [0, 0.1) is 12.8 Å². The molecule has 26 heavy (non-hydrogen) atoms. The number of piperidine rings is 1. The highest BCUT2D eigenvalue weighted by molar-refractivity contribution is 5.83. The lowest BCUT2D eigenvalue weighted by Gasteiger charge is -2.30. The Bertz CT molecular complexity index is 824. The third-order valence-corrected chi connectivity index (χ3v) is 4.73. The summed E-state index contributed by atoms with van der Waals surface area (Å²) in [6.45, 7) is 4.59. The van der Waals surface area contributed by atoms with Gasteiger partial charge in [-0.05, 0) is 25.7 Å². The van der Waals surface area contributed by atoms with E-state index < -0.39 is 11.7 Å². The van der Waals surface area contributed by atoms with E-state index >= 15 is 0 Å². The fourth-order valence-electron chi connectivity index (χ4n) is 3.20. The van der Waals surface area contributed by atoms with Crippen molar-refractivity contribution in [1.29, 1.82) is 0 Å². The van der Waals surface area contributed by atoms with E-state index in [1.165, 1.54) is 18.7 Å². The molecular weight excluding hydrogens is 349 g/mol. The number of nitrogens with zero attached hydrogens (tertiary/aromatic N) is 4. The molecule has 0 aliphatic carbocycles. The number of likely N-dealkylation sites (tertiary alicyclic amines) is 1. The quantitative estimate of drug-likeness (QED) is 0.834. The number of pyridine rings is 1. The summed E-state index contributed by atoms with van der Waals surface area (Å²) in [4.78, 5) is 18.0. The van der Waals surface area contributed by atoms with Crippen LogP contribution < -0.4 is 4.74 Å². The maximum Gasteiger partial charge on any atom is 0.417 e. The summed E-state index contributed by atoms with van der Waals surface area (Å²) in [5.74, 6) is 0.103. The molecular formula is C17H21F3N4O2. The molecule has 0 aromatic carbocycles. The number of amides is 1. The Morgan fingerprint density at radius 2 is 2.00 bits per heavy atom. The van der Waals surface area contributed by atoms with Gasteiger partial charge < -0.3 is 9.64 Å². The van der Waals surface area contributed by atoms with E-state index in [9.17, 15) is 18.0 Å². The first-order valence-corrected chi connectivity index (χ1v) is 8.49. The second kappa shape index (κ2) is 6.77. The Hall–Kier alpha value is -2.32. The highest BCUT2D eigenvalue weighted by Crippen LogP contribution is 2.37. The molecule has 3 heterocycles. The predicted octanol–water partition coefficient (Wildman–Crippen LogP) is 2.93. The smallest absolute Gasteiger partial charge is 0.417 e. The molecule has 9 heteroatoms. The highest BCUT2D eigenvalue weighted by Gasteiger charge is 2.35. The number of fused-ring (bicyclic) bond motifs is 1. The van der Waals surface area contributed by atoms with Crippen LogP contribution in [0.25, 0.3) is 11.0 Å². The van der Waals surface area contributed by atoms with E-state index in [0.29, 0.717) is 19.0 Å². The molecule has 6 nitrogen and oxygen atoms in total. The molecule has 3 rings (SSSR count). The zero-order chi connectivity index (χ0) is 19.1. The Kier molecular flexibility index (Phi) is 4.81. The molecule has 142 valence electrons. The summed E-state index contributed by atoms with van der Waals surface area (Å²) >= 11 is 0. The molecule has 1 aliphatic rings. The largest absolute Gasteiger partial charge is 0.467 e. The van der Waals surface area contributed by atoms with Gasteiger partial charge in [0.15, 0.2) is 12.3 Å². The van der Waals surface area contributed by atoms with Gasteiger partial charge in [-0.3, -0.25) is 9.48 Å². The van der Waals surface area contributed by atoms with Crippen molar-refractivity contribution < 1.29 is 22.7 Å². The average molecular weight is 370 g/mol. The monoisotopic (exact) mass is 370 g/mol. The van der Waals surface area contributed by atoms with E-state index in [2.05, 4.69) is 17.0 Å². The summed E-state index contributed by atoms with van der Waals surface area (Å²) < 4.78 is 46.8. The number of rotatable bonds is 3. The molecule has 1 fully saturated rings. The average Bonchev–Trinajstić information content (AvgIpc) is 2.86. The Morgan fingerprint density at radius 3 is 2.62 bits per heavy atom. The van der Waals surface area contributed by atoms with Gasteiger partial charge in [0.1, 0.15) is 0 Å². The van der Waals surface area contributed by atoms with Gasteiger partial charge in [-0.25, -0.2) is 0 Å². The van der Waals surface area contributed by atoms with Gasteiger partial charge in [0.2, 0.25) is 5.88 Å². The molecule has 0 atom stereocenters. The molecule has 1 aliphatic heterocycles. The second-order valence-corrected chi connectivity index (χ2v) is 6.77. The first kappa shape index (κ1) is 18.5. The molecule has 2 aromatic rings. The predicted molar refractivity (Wildman–Crippen MR) is 88.7 cm³/mol. The van der Waals surface area contributed by atoms with Crippen molar-refractivity contribution in [2.45, 2.75) is 32.9 Å². The van der Waals surface area contributed by atoms with Crippen LogP contribution in [0.3, 0.4) is 0 Å². The van der Waals surface area contributed by atoms with Crippen LogP contribution in [-0.2, 0) is 18.0 Å². The minimum Gasteiger partial charge on any atom is -0.467 e. The topological polar surface area (TPSA) is 60.2 Å². The SMILES string of the molecule is Cc1nn(C)c2nc(OCC(=O)N3CCC(C)CC3)cc(C(F)(F)F)c12. The number of hydrogen-bond donors (Lipinski definition) is 0. The lowest BCUT2D eigenvalue weighted by Crippen LogP contribution is -2.40. The first-order chi connectivity index (χ1) is 12.2. The van der Waals surface area contributed by atoms with E-state index in [4.69, 9.17) is 4.74 Å². The van der Waals surface area contributed by atoms with Crippen LogP contribution in [0.5, 0.6) is 5.88 Å². The lowest BCUT2D eigenvalue weighted by molar-refractivity contribution is -0.136. The van der Waals surface area contributed by atoms with Crippen LogP contribution in [-0.4, -0.2) is 45.3 Å². The van der Waals surface area contributed by atoms with Crippen LogP contribution in [0.4, 0.5) is 13.2 Å². The molecule has 0 N–H and O–H groups in total. The Labute approximate surface area is 148 Å². The third-order valence-electron chi connectivity index (χ3n) is 4.73. The van der Waals surface area contributed by atoms with Crippen molar-refractivity contribution in [2.75, 3.05) is 19.7 Å². The van der Waals surface area contributed by atoms with Gasteiger partial charge in [-0.2, -0.15) is 23.3 Å². The number of aromatic nitrogens is 3. The second-order valence-electron chi connectivity index (χ2n) is 6.77. The highest BCUT2D eigenvalue weighted by atomic mass is 19.4. The summed E-state index contributed by atoms with van der Waals surface area (Å²) in [7, 11) is 1.52. The van der Waals surface area contributed by atoms with Crippen molar-refractivity contribution in [2.24, 2.45) is 13.0 Å². The summed E-state index contributed by atoms with van der Waals surface area (Å²) in [5, 5.41) is 3.95. The third kappa shape index (κ3) is 3.61. The lowest BCUT2D eigenvalue weighted by atomic mass is 9.99. The van der Waals surface area contributed by atoms with Crippen molar-refractivity contribution in [3.8, 4) is 5.88 Å². The number of ether oxygens (including phenoxy) is 1. The minimum absolute atomic E-state index is 0.0521.